The first-order chi connectivity index (χ1) is 13.1. The molecule has 27 heavy (non-hydrogen) atoms. The van der Waals surface area contributed by atoms with Crippen molar-refractivity contribution in [2.45, 2.75) is 38.6 Å². The topological polar surface area (TPSA) is 92.9 Å². The molecule has 0 unspecified atom stereocenters. The van der Waals surface area contributed by atoms with E-state index in [-0.39, 0.29) is 12.5 Å². The summed E-state index contributed by atoms with van der Waals surface area (Å²) in [5, 5.41) is 6.36. The number of nitrogens with one attached hydrogen (secondary N) is 2. The van der Waals surface area contributed by atoms with Crippen LogP contribution in [0.1, 0.15) is 36.7 Å². The van der Waals surface area contributed by atoms with Gasteiger partial charge in [-0.05, 0) is 68.0 Å². The molecule has 2 N–H and O–H groups in total. The lowest BCUT2D eigenvalue weighted by atomic mass is 9.92. The summed E-state index contributed by atoms with van der Waals surface area (Å²) in [6, 6.07) is 8.64. The highest BCUT2D eigenvalue weighted by molar-refractivity contribution is 5.88. The summed E-state index contributed by atoms with van der Waals surface area (Å²) < 4.78 is 10.6. The Morgan fingerprint density at radius 3 is 2.85 bits per heavy atom. The van der Waals surface area contributed by atoms with E-state index in [1.807, 2.05) is 12.1 Å². The lowest BCUT2D eigenvalue weighted by Crippen LogP contribution is -2.45. The number of hydrazone groups is 1. The van der Waals surface area contributed by atoms with Gasteiger partial charge in [-0.2, -0.15) is 5.10 Å². The van der Waals surface area contributed by atoms with Crippen molar-refractivity contribution >= 4 is 18.0 Å². The van der Waals surface area contributed by atoms with E-state index in [2.05, 4.69) is 21.9 Å². The Labute approximate surface area is 157 Å². The maximum atomic E-state index is 12.0. The predicted octanol–water partition coefficient (Wildman–Crippen LogP) is 2.19. The quantitative estimate of drug-likeness (QED) is 0.578. The van der Waals surface area contributed by atoms with Crippen LogP contribution >= 0.6 is 0 Å². The lowest BCUT2D eigenvalue weighted by molar-refractivity contribution is -0.129. The molecule has 0 aliphatic heterocycles. The molecule has 0 fully saturated rings. The number of carbonyl (C=O) groups is 2. The van der Waals surface area contributed by atoms with Gasteiger partial charge in [0, 0.05) is 0 Å². The maximum absolute atomic E-state index is 12.0. The summed E-state index contributed by atoms with van der Waals surface area (Å²) >= 11 is 0. The fourth-order valence-corrected chi connectivity index (χ4v) is 2.92. The molecular formula is C20H23N3O4. The Kier molecular flexibility index (Phi) is 6.25. The maximum Gasteiger partial charge on any atom is 0.262 e. The van der Waals surface area contributed by atoms with Gasteiger partial charge in [0.25, 0.3) is 11.8 Å². The largest absolute Gasteiger partial charge is 0.484 e. The molecule has 7 heteroatoms. The molecular weight excluding hydrogens is 346 g/mol. The van der Waals surface area contributed by atoms with Crippen LogP contribution in [0.15, 0.2) is 46.1 Å². The third-order valence-electron chi connectivity index (χ3n) is 4.37. The van der Waals surface area contributed by atoms with Gasteiger partial charge in [-0.15, -0.1) is 0 Å². The van der Waals surface area contributed by atoms with E-state index in [0.717, 1.165) is 12.8 Å². The van der Waals surface area contributed by atoms with Crippen molar-refractivity contribution in [3.05, 3.63) is 53.5 Å². The number of carbonyl (C=O) groups excluding carboxylic acids is 2. The molecule has 0 radical (unpaired) electrons. The summed E-state index contributed by atoms with van der Waals surface area (Å²) in [6.07, 6.45) is 7.45. The summed E-state index contributed by atoms with van der Waals surface area (Å²) in [4.78, 5) is 23.9. The van der Waals surface area contributed by atoms with Crippen LogP contribution < -0.4 is 15.5 Å². The molecule has 1 aromatic carbocycles. The minimum atomic E-state index is -0.738. The lowest BCUT2D eigenvalue weighted by Gasteiger charge is -2.17. The first-order valence-corrected chi connectivity index (χ1v) is 9.02. The number of benzene rings is 1. The van der Waals surface area contributed by atoms with E-state index < -0.39 is 11.9 Å². The fourth-order valence-electron chi connectivity index (χ4n) is 2.92. The van der Waals surface area contributed by atoms with Gasteiger partial charge in [0.1, 0.15) is 17.6 Å². The third-order valence-corrected chi connectivity index (χ3v) is 4.37. The van der Waals surface area contributed by atoms with Crippen LogP contribution in [-0.4, -0.2) is 30.7 Å². The first kappa shape index (κ1) is 18.7. The molecule has 2 aromatic rings. The number of amides is 2. The minimum Gasteiger partial charge on any atom is -0.484 e. The number of fused-ring (bicyclic) bond motifs is 1. The fraction of sp³-hybridized carbons (Fsp3) is 0.350. The number of hydrogen-bond donors (Lipinski definition) is 2. The molecule has 3 rings (SSSR count). The highest BCUT2D eigenvalue weighted by Gasteiger charge is 2.16. The van der Waals surface area contributed by atoms with Gasteiger partial charge < -0.3 is 14.5 Å². The summed E-state index contributed by atoms with van der Waals surface area (Å²) in [5.41, 5.74) is 5.00. The monoisotopic (exact) mass is 369 g/mol. The standard InChI is InChI=1S/C20H23N3O4/c1-14(20(25)23-21-12-18-7-4-10-26-18)22-19(24)13-27-17-9-8-15-5-2-3-6-16(15)11-17/h4,7-12,14H,2-3,5-6,13H2,1H3,(H,22,24)(H,23,25)/b21-12-/t14-/m0/s1. The normalized spacial score (nSPS) is 14.4. The summed E-state index contributed by atoms with van der Waals surface area (Å²) in [7, 11) is 0. The third kappa shape index (κ3) is 5.44. The molecule has 0 saturated heterocycles. The number of furan rings is 1. The predicted molar refractivity (Wildman–Crippen MR) is 101 cm³/mol. The van der Waals surface area contributed by atoms with Gasteiger partial charge >= 0.3 is 0 Å². The van der Waals surface area contributed by atoms with Crippen molar-refractivity contribution in [1.29, 1.82) is 0 Å². The Bertz CT molecular complexity index is 815. The van der Waals surface area contributed by atoms with Gasteiger partial charge in [0.05, 0.1) is 12.5 Å². The first-order valence-electron chi connectivity index (χ1n) is 9.02. The minimum absolute atomic E-state index is 0.147. The van der Waals surface area contributed by atoms with Gasteiger partial charge in [-0.3, -0.25) is 9.59 Å². The molecule has 0 spiro atoms. The van der Waals surface area contributed by atoms with Gasteiger partial charge in [0.15, 0.2) is 6.61 Å². The summed E-state index contributed by atoms with van der Waals surface area (Å²) in [5.74, 6) is 0.390. The zero-order valence-electron chi connectivity index (χ0n) is 15.2. The number of nitrogens with zero attached hydrogens (tertiary/aromatic N) is 1. The van der Waals surface area contributed by atoms with E-state index in [0.29, 0.717) is 11.5 Å². The van der Waals surface area contributed by atoms with Crippen LogP contribution in [0.2, 0.25) is 0 Å². The zero-order valence-corrected chi connectivity index (χ0v) is 15.2. The van der Waals surface area contributed by atoms with Crippen LogP contribution in [0.25, 0.3) is 0 Å². The van der Waals surface area contributed by atoms with Crippen molar-refractivity contribution in [2.24, 2.45) is 5.10 Å². The van der Waals surface area contributed by atoms with E-state index in [1.54, 1.807) is 19.1 Å². The second kappa shape index (κ2) is 9.02. The van der Waals surface area contributed by atoms with Crippen molar-refractivity contribution < 1.29 is 18.7 Å². The average molecular weight is 369 g/mol. The second-order valence-electron chi connectivity index (χ2n) is 6.47. The van der Waals surface area contributed by atoms with Gasteiger partial charge in [0.2, 0.25) is 0 Å². The molecule has 2 amide bonds. The molecule has 1 aromatic heterocycles. The van der Waals surface area contributed by atoms with Crippen LogP contribution in [0, 0.1) is 0 Å². The zero-order chi connectivity index (χ0) is 19.1. The molecule has 7 nitrogen and oxygen atoms in total. The summed E-state index contributed by atoms with van der Waals surface area (Å²) in [6.45, 7) is 1.43. The molecule has 1 atom stereocenters. The van der Waals surface area contributed by atoms with Crippen LogP contribution in [0.3, 0.4) is 0 Å². The van der Waals surface area contributed by atoms with Crippen molar-refractivity contribution in [2.75, 3.05) is 6.61 Å². The smallest absolute Gasteiger partial charge is 0.262 e. The Hall–Kier alpha value is -3.09. The van der Waals surface area contributed by atoms with Crippen molar-refractivity contribution in [3.63, 3.8) is 0 Å². The van der Waals surface area contributed by atoms with Crippen LogP contribution in [-0.2, 0) is 22.4 Å². The number of ether oxygens (including phenoxy) is 1. The van der Waals surface area contributed by atoms with Gasteiger partial charge in [-0.1, -0.05) is 6.07 Å². The highest BCUT2D eigenvalue weighted by atomic mass is 16.5. The molecule has 1 heterocycles. The van der Waals surface area contributed by atoms with Crippen LogP contribution in [0.4, 0.5) is 0 Å². The Morgan fingerprint density at radius 1 is 1.26 bits per heavy atom. The van der Waals surface area contributed by atoms with E-state index in [9.17, 15) is 9.59 Å². The number of hydrogen-bond acceptors (Lipinski definition) is 5. The van der Waals surface area contributed by atoms with Crippen molar-refractivity contribution in [3.8, 4) is 5.75 Å². The SMILES string of the molecule is C[C@H](NC(=O)COc1ccc2c(c1)CCCC2)C(=O)N/N=C\c1ccco1. The van der Waals surface area contributed by atoms with E-state index >= 15 is 0 Å². The van der Waals surface area contributed by atoms with Gasteiger partial charge in [-0.25, -0.2) is 5.43 Å². The highest BCUT2D eigenvalue weighted by Crippen LogP contribution is 2.25. The molecule has 0 bridgehead atoms. The molecule has 1 aliphatic carbocycles. The Morgan fingerprint density at radius 2 is 2.07 bits per heavy atom. The van der Waals surface area contributed by atoms with Crippen molar-refractivity contribution in [1.82, 2.24) is 10.7 Å². The Balaban J connectivity index is 1.42. The average Bonchev–Trinajstić information content (AvgIpc) is 3.19. The second-order valence-corrected chi connectivity index (χ2v) is 6.47. The molecule has 0 saturated carbocycles. The number of aryl methyl sites for hydroxylation is 2. The van der Waals surface area contributed by atoms with Crippen LogP contribution in [0.5, 0.6) is 5.75 Å². The molecule has 142 valence electrons. The molecule has 1 aliphatic rings. The van der Waals surface area contributed by atoms with E-state index in [1.165, 1.54) is 36.4 Å². The van der Waals surface area contributed by atoms with E-state index in [4.69, 9.17) is 9.15 Å². The number of rotatable bonds is 7.